The molecule has 2 aromatic rings. The highest BCUT2D eigenvalue weighted by Gasteiger charge is 2.31. The molecule has 0 radical (unpaired) electrons. The van der Waals surface area contributed by atoms with Crippen LogP contribution in [0.1, 0.15) is 68.8 Å². The highest BCUT2D eigenvalue weighted by molar-refractivity contribution is 5.90. The third-order valence-corrected chi connectivity index (χ3v) is 4.54. The van der Waals surface area contributed by atoms with Crippen LogP contribution >= 0.6 is 0 Å². The molecule has 7 heteroatoms. The van der Waals surface area contributed by atoms with E-state index < -0.39 is 0 Å². The van der Waals surface area contributed by atoms with Crippen LogP contribution in [0.25, 0.3) is 0 Å². The SMILES string of the molecule is Cc1ccncc1NC(=O)N1CCCCCC1c1noc(C(C)C)n1. The molecular formula is C18H25N5O2. The van der Waals surface area contributed by atoms with Crippen LogP contribution in [-0.2, 0) is 0 Å². The van der Waals surface area contributed by atoms with Crippen LogP contribution in [0.15, 0.2) is 23.0 Å². The van der Waals surface area contributed by atoms with Crippen molar-refractivity contribution in [1.29, 1.82) is 0 Å². The Morgan fingerprint density at radius 3 is 2.92 bits per heavy atom. The fraction of sp³-hybridized carbons (Fsp3) is 0.556. The maximum Gasteiger partial charge on any atom is 0.322 e. The average molecular weight is 343 g/mol. The minimum absolute atomic E-state index is 0.140. The lowest BCUT2D eigenvalue weighted by molar-refractivity contribution is 0.184. The van der Waals surface area contributed by atoms with Gasteiger partial charge in [0.25, 0.3) is 0 Å². The summed E-state index contributed by atoms with van der Waals surface area (Å²) in [6.07, 6.45) is 7.35. The Kier molecular flexibility index (Phi) is 5.31. The highest BCUT2D eigenvalue weighted by Crippen LogP contribution is 2.30. The minimum Gasteiger partial charge on any atom is -0.339 e. The van der Waals surface area contributed by atoms with Crippen LogP contribution in [0.3, 0.4) is 0 Å². The van der Waals surface area contributed by atoms with Gasteiger partial charge in [0.05, 0.1) is 17.9 Å². The molecule has 1 N–H and O–H groups in total. The minimum atomic E-state index is -0.157. The first-order valence-corrected chi connectivity index (χ1v) is 8.88. The van der Waals surface area contributed by atoms with Crippen molar-refractivity contribution in [2.45, 2.75) is 58.4 Å². The number of carbonyl (C=O) groups is 1. The van der Waals surface area contributed by atoms with Gasteiger partial charge in [-0.05, 0) is 31.4 Å². The third kappa shape index (κ3) is 3.97. The van der Waals surface area contributed by atoms with E-state index in [2.05, 4.69) is 20.4 Å². The summed E-state index contributed by atoms with van der Waals surface area (Å²) in [5, 5.41) is 7.12. The molecule has 2 amide bonds. The second-order valence-electron chi connectivity index (χ2n) is 6.82. The molecule has 0 spiro atoms. The molecule has 3 heterocycles. The van der Waals surface area contributed by atoms with Gasteiger partial charge >= 0.3 is 6.03 Å². The van der Waals surface area contributed by atoms with Crippen LogP contribution in [0.4, 0.5) is 10.5 Å². The van der Waals surface area contributed by atoms with Crippen LogP contribution < -0.4 is 5.32 Å². The van der Waals surface area contributed by atoms with Gasteiger partial charge in [-0.15, -0.1) is 0 Å². The summed E-state index contributed by atoms with van der Waals surface area (Å²) in [7, 11) is 0. The Morgan fingerprint density at radius 1 is 1.36 bits per heavy atom. The standard InChI is InChI=1S/C18H25N5O2/c1-12(2)17-21-16(22-25-17)15-7-5-4-6-10-23(15)18(24)20-14-11-19-9-8-13(14)3/h8-9,11-12,15H,4-7,10H2,1-3H3,(H,20,24). The first-order chi connectivity index (χ1) is 12.1. The zero-order valence-corrected chi connectivity index (χ0v) is 15.0. The molecule has 2 aromatic heterocycles. The quantitative estimate of drug-likeness (QED) is 0.909. The third-order valence-electron chi connectivity index (χ3n) is 4.54. The van der Waals surface area contributed by atoms with E-state index in [4.69, 9.17) is 4.52 Å². The average Bonchev–Trinajstić information content (AvgIpc) is 2.95. The first-order valence-electron chi connectivity index (χ1n) is 8.88. The van der Waals surface area contributed by atoms with E-state index in [0.717, 1.165) is 36.9 Å². The molecule has 1 aliphatic heterocycles. The van der Waals surface area contributed by atoms with E-state index in [1.807, 2.05) is 31.7 Å². The number of likely N-dealkylation sites (tertiary alicyclic amines) is 1. The van der Waals surface area contributed by atoms with Crippen molar-refractivity contribution in [3.05, 3.63) is 35.7 Å². The van der Waals surface area contributed by atoms with Crippen molar-refractivity contribution in [2.24, 2.45) is 0 Å². The Hall–Kier alpha value is -2.44. The second kappa shape index (κ2) is 7.63. The number of nitrogens with zero attached hydrogens (tertiary/aromatic N) is 4. The van der Waals surface area contributed by atoms with Gasteiger partial charge in [0.2, 0.25) is 5.89 Å². The molecule has 0 aromatic carbocycles. The van der Waals surface area contributed by atoms with Crippen molar-refractivity contribution >= 4 is 11.7 Å². The highest BCUT2D eigenvalue weighted by atomic mass is 16.5. The van der Waals surface area contributed by atoms with Gasteiger partial charge in [0.15, 0.2) is 5.82 Å². The van der Waals surface area contributed by atoms with Gasteiger partial charge < -0.3 is 14.7 Å². The van der Waals surface area contributed by atoms with Gasteiger partial charge in [-0.1, -0.05) is 31.8 Å². The molecule has 1 saturated heterocycles. The van der Waals surface area contributed by atoms with Gasteiger partial charge in [0, 0.05) is 18.7 Å². The van der Waals surface area contributed by atoms with Gasteiger partial charge in [-0.3, -0.25) is 4.98 Å². The van der Waals surface area contributed by atoms with Crippen molar-refractivity contribution in [3.63, 3.8) is 0 Å². The van der Waals surface area contributed by atoms with Crippen LogP contribution in [0, 0.1) is 6.92 Å². The number of hydrogen-bond acceptors (Lipinski definition) is 5. The molecule has 0 aliphatic carbocycles. The molecule has 7 nitrogen and oxygen atoms in total. The summed E-state index contributed by atoms with van der Waals surface area (Å²) in [5.74, 6) is 1.39. The zero-order chi connectivity index (χ0) is 17.8. The number of pyridine rings is 1. The lowest BCUT2D eigenvalue weighted by Gasteiger charge is -2.28. The first kappa shape index (κ1) is 17.4. The van der Waals surface area contributed by atoms with Crippen molar-refractivity contribution < 1.29 is 9.32 Å². The zero-order valence-electron chi connectivity index (χ0n) is 15.0. The number of nitrogens with one attached hydrogen (secondary N) is 1. The van der Waals surface area contributed by atoms with Crippen molar-refractivity contribution in [1.82, 2.24) is 20.0 Å². The summed E-state index contributed by atoms with van der Waals surface area (Å²) in [6.45, 7) is 6.66. The summed E-state index contributed by atoms with van der Waals surface area (Å²) in [4.78, 5) is 23.3. The van der Waals surface area contributed by atoms with E-state index in [1.165, 1.54) is 0 Å². The van der Waals surface area contributed by atoms with E-state index in [9.17, 15) is 4.79 Å². The summed E-state index contributed by atoms with van der Waals surface area (Å²) >= 11 is 0. The summed E-state index contributed by atoms with van der Waals surface area (Å²) in [6, 6.07) is 1.58. The Labute approximate surface area is 147 Å². The Balaban J connectivity index is 1.82. The predicted molar refractivity (Wildman–Crippen MR) is 94.3 cm³/mol. The fourth-order valence-electron chi connectivity index (χ4n) is 3.02. The number of aromatic nitrogens is 3. The molecule has 134 valence electrons. The molecule has 25 heavy (non-hydrogen) atoms. The van der Waals surface area contributed by atoms with Gasteiger partial charge in [0.1, 0.15) is 0 Å². The molecule has 1 atom stereocenters. The van der Waals surface area contributed by atoms with E-state index in [-0.39, 0.29) is 18.0 Å². The topological polar surface area (TPSA) is 84.2 Å². The number of urea groups is 1. The number of amides is 2. The monoisotopic (exact) mass is 343 g/mol. The van der Waals surface area contributed by atoms with E-state index >= 15 is 0 Å². The van der Waals surface area contributed by atoms with E-state index in [0.29, 0.717) is 18.3 Å². The molecule has 1 fully saturated rings. The molecule has 0 saturated carbocycles. The number of carbonyl (C=O) groups excluding carboxylic acids is 1. The normalized spacial score (nSPS) is 18.2. The Bertz CT molecular complexity index is 728. The van der Waals surface area contributed by atoms with Gasteiger partial charge in [-0.2, -0.15) is 4.98 Å². The summed E-state index contributed by atoms with van der Waals surface area (Å²) in [5.41, 5.74) is 1.71. The molecule has 0 bridgehead atoms. The van der Waals surface area contributed by atoms with E-state index in [1.54, 1.807) is 12.4 Å². The lowest BCUT2D eigenvalue weighted by Crippen LogP contribution is -2.38. The summed E-state index contributed by atoms with van der Waals surface area (Å²) < 4.78 is 5.36. The van der Waals surface area contributed by atoms with Gasteiger partial charge in [-0.25, -0.2) is 4.79 Å². The maximum absolute atomic E-state index is 12.9. The second-order valence-corrected chi connectivity index (χ2v) is 6.82. The molecule has 3 rings (SSSR count). The predicted octanol–water partition coefficient (Wildman–Crippen LogP) is 4.05. The van der Waals surface area contributed by atoms with Crippen LogP contribution in [0.5, 0.6) is 0 Å². The van der Waals surface area contributed by atoms with Crippen LogP contribution in [0.2, 0.25) is 0 Å². The largest absolute Gasteiger partial charge is 0.339 e. The lowest BCUT2D eigenvalue weighted by atomic mass is 10.1. The maximum atomic E-state index is 12.9. The number of hydrogen-bond donors (Lipinski definition) is 1. The number of rotatable bonds is 3. The molecule has 1 aliphatic rings. The fourth-order valence-corrected chi connectivity index (χ4v) is 3.02. The molecule has 1 unspecified atom stereocenters. The smallest absolute Gasteiger partial charge is 0.322 e. The number of aryl methyl sites for hydroxylation is 1. The molecular weight excluding hydrogens is 318 g/mol. The van der Waals surface area contributed by atoms with Crippen molar-refractivity contribution in [2.75, 3.05) is 11.9 Å². The number of anilines is 1. The Morgan fingerprint density at radius 2 is 2.20 bits per heavy atom. The van der Waals surface area contributed by atoms with Crippen LogP contribution in [-0.4, -0.2) is 32.6 Å². The van der Waals surface area contributed by atoms with Crippen molar-refractivity contribution in [3.8, 4) is 0 Å².